The van der Waals surface area contributed by atoms with E-state index in [-0.39, 0.29) is 5.97 Å². The molecule has 164 valence electrons. The van der Waals surface area contributed by atoms with Crippen molar-refractivity contribution in [3.05, 3.63) is 54.4 Å². The molecule has 0 unspecified atom stereocenters. The molecule has 2 aromatic carbocycles. The molecule has 1 aromatic heterocycles. The molecule has 0 atom stereocenters. The van der Waals surface area contributed by atoms with Crippen molar-refractivity contribution in [3.63, 3.8) is 0 Å². The lowest BCUT2D eigenvalue weighted by atomic mass is 10.2. The third kappa shape index (κ3) is 6.15. The number of carbonyl (C=O) groups is 1. The van der Waals surface area contributed by atoms with E-state index < -0.39 is 0 Å². The van der Waals surface area contributed by atoms with Crippen LogP contribution in [0.1, 0.15) is 31.5 Å². The van der Waals surface area contributed by atoms with Gasteiger partial charge in [-0.1, -0.05) is 18.6 Å². The summed E-state index contributed by atoms with van der Waals surface area (Å²) >= 11 is 0. The van der Waals surface area contributed by atoms with Gasteiger partial charge in [0, 0.05) is 24.5 Å². The van der Waals surface area contributed by atoms with E-state index in [1.54, 1.807) is 7.11 Å². The van der Waals surface area contributed by atoms with E-state index in [0.717, 1.165) is 59.8 Å². The van der Waals surface area contributed by atoms with Gasteiger partial charge in [-0.05, 0) is 55.8 Å². The van der Waals surface area contributed by atoms with Crippen LogP contribution in [0.5, 0.6) is 5.75 Å². The number of rotatable bonds is 11. The molecule has 0 amide bonds. The Morgan fingerprint density at radius 1 is 1.00 bits per heavy atom. The van der Waals surface area contributed by atoms with Gasteiger partial charge in [-0.25, -0.2) is 9.97 Å². The number of benzene rings is 2. The number of nitrogens with zero attached hydrogens (tertiary/aromatic N) is 3. The van der Waals surface area contributed by atoms with Gasteiger partial charge in [-0.15, -0.1) is 0 Å². The average Bonchev–Trinajstić information content (AvgIpc) is 2.82. The highest BCUT2D eigenvalue weighted by molar-refractivity contribution is 5.91. The van der Waals surface area contributed by atoms with Crippen LogP contribution >= 0.6 is 0 Å². The molecule has 0 bridgehead atoms. The lowest BCUT2D eigenvalue weighted by Crippen LogP contribution is -2.19. The third-order valence-corrected chi connectivity index (χ3v) is 5.15. The van der Waals surface area contributed by atoms with Crippen LogP contribution in [0.25, 0.3) is 10.9 Å². The van der Waals surface area contributed by atoms with Gasteiger partial charge in [0.1, 0.15) is 17.4 Å². The second-order valence-corrected chi connectivity index (χ2v) is 7.30. The summed E-state index contributed by atoms with van der Waals surface area (Å²) in [5.74, 6) is 2.29. The van der Waals surface area contributed by atoms with E-state index in [9.17, 15) is 4.79 Å². The number of hydrogen-bond donors (Lipinski definition) is 1. The van der Waals surface area contributed by atoms with Crippen LogP contribution < -0.4 is 15.0 Å². The Hall–Kier alpha value is -3.19. The lowest BCUT2D eigenvalue weighted by molar-refractivity contribution is -0.140. The summed E-state index contributed by atoms with van der Waals surface area (Å²) in [5, 5.41) is 4.42. The van der Waals surface area contributed by atoms with Gasteiger partial charge in [0.15, 0.2) is 0 Å². The Kier molecular flexibility index (Phi) is 8.18. The van der Waals surface area contributed by atoms with Crippen LogP contribution in [0.4, 0.5) is 11.5 Å². The van der Waals surface area contributed by atoms with Crippen molar-refractivity contribution in [2.24, 2.45) is 0 Å². The van der Waals surface area contributed by atoms with Crippen LogP contribution in [0.15, 0.2) is 48.5 Å². The van der Waals surface area contributed by atoms with Crippen molar-refractivity contribution < 1.29 is 14.3 Å². The zero-order valence-electron chi connectivity index (χ0n) is 18.4. The highest BCUT2D eigenvalue weighted by atomic mass is 16.5. The van der Waals surface area contributed by atoms with E-state index in [2.05, 4.69) is 15.0 Å². The first kappa shape index (κ1) is 22.5. The fourth-order valence-electron chi connectivity index (χ4n) is 3.37. The SMILES string of the molecule is COC(=O)CCCCCNCc1nc(N(C)c2ccc(OC)cc2)c2ccccc2n1. The molecule has 7 heteroatoms. The zero-order chi connectivity index (χ0) is 22.1. The highest BCUT2D eigenvalue weighted by Gasteiger charge is 2.13. The minimum absolute atomic E-state index is 0.147. The maximum atomic E-state index is 11.1. The van der Waals surface area contributed by atoms with Gasteiger partial charge < -0.3 is 19.7 Å². The molecule has 0 aliphatic rings. The van der Waals surface area contributed by atoms with Crippen molar-refractivity contribution in [2.75, 3.05) is 32.7 Å². The maximum absolute atomic E-state index is 11.1. The van der Waals surface area contributed by atoms with Crippen LogP contribution in [-0.4, -0.2) is 43.7 Å². The summed E-state index contributed by atoms with van der Waals surface area (Å²) in [6.07, 6.45) is 3.29. The molecule has 7 nitrogen and oxygen atoms in total. The minimum atomic E-state index is -0.147. The summed E-state index contributed by atoms with van der Waals surface area (Å²) in [7, 11) is 5.10. The molecular formula is C24H30N4O3. The van der Waals surface area contributed by atoms with Gasteiger partial charge in [0.25, 0.3) is 0 Å². The molecule has 1 heterocycles. The Labute approximate surface area is 183 Å². The zero-order valence-corrected chi connectivity index (χ0v) is 18.4. The molecule has 0 aliphatic heterocycles. The number of anilines is 2. The molecule has 1 N–H and O–H groups in total. The van der Waals surface area contributed by atoms with E-state index in [4.69, 9.17) is 14.7 Å². The molecule has 0 saturated carbocycles. The number of para-hydroxylation sites is 1. The molecule has 0 fully saturated rings. The molecule has 0 aliphatic carbocycles. The van der Waals surface area contributed by atoms with Gasteiger partial charge >= 0.3 is 5.97 Å². The second kappa shape index (κ2) is 11.3. The first-order chi connectivity index (χ1) is 15.1. The van der Waals surface area contributed by atoms with Gasteiger partial charge in [-0.3, -0.25) is 4.79 Å². The van der Waals surface area contributed by atoms with Crippen LogP contribution in [0.2, 0.25) is 0 Å². The van der Waals surface area contributed by atoms with E-state index in [0.29, 0.717) is 13.0 Å². The number of unbranched alkanes of at least 4 members (excludes halogenated alkanes) is 2. The fourth-order valence-corrected chi connectivity index (χ4v) is 3.37. The maximum Gasteiger partial charge on any atom is 0.305 e. The predicted octanol–water partition coefficient (Wildman–Crippen LogP) is 4.23. The number of esters is 1. The number of aromatic nitrogens is 2. The Morgan fingerprint density at radius 2 is 1.77 bits per heavy atom. The molecule has 0 saturated heterocycles. The summed E-state index contributed by atoms with van der Waals surface area (Å²) in [5.41, 5.74) is 1.94. The Balaban J connectivity index is 1.67. The minimum Gasteiger partial charge on any atom is -0.497 e. The molecule has 0 spiro atoms. The Bertz CT molecular complexity index is 992. The van der Waals surface area contributed by atoms with Gasteiger partial charge in [0.05, 0.1) is 26.3 Å². The quantitative estimate of drug-likeness (QED) is 0.366. The topological polar surface area (TPSA) is 76.6 Å². The smallest absolute Gasteiger partial charge is 0.305 e. The summed E-state index contributed by atoms with van der Waals surface area (Å²) in [4.78, 5) is 22.8. The van der Waals surface area contributed by atoms with Crippen molar-refractivity contribution in [3.8, 4) is 5.75 Å². The molecule has 3 rings (SSSR count). The van der Waals surface area contributed by atoms with Crippen molar-refractivity contribution in [2.45, 2.75) is 32.2 Å². The normalized spacial score (nSPS) is 10.8. The van der Waals surface area contributed by atoms with Crippen LogP contribution in [0, 0.1) is 0 Å². The number of nitrogens with one attached hydrogen (secondary N) is 1. The van der Waals surface area contributed by atoms with E-state index >= 15 is 0 Å². The number of hydrogen-bond acceptors (Lipinski definition) is 7. The van der Waals surface area contributed by atoms with Crippen molar-refractivity contribution in [1.29, 1.82) is 0 Å². The van der Waals surface area contributed by atoms with Gasteiger partial charge in [-0.2, -0.15) is 0 Å². The first-order valence-electron chi connectivity index (χ1n) is 10.5. The highest BCUT2D eigenvalue weighted by Crippen LogP contribution is 2.29. The largest absolute Gasteiger partial charge is 0.497 e. The van der Waals surface area contributed by atoms with E-state index in [1.807, 2.05) is 55.6 Å². The van der Waals surface area contributed by atoms with Gasteiger partial charge in [0.2, 0.25) is 0 Å². The lowest BCUT2D eigenvalue weighted by Gasteiger charge is -2.21. The summed E-state index contributed by atoms with van der Waals surface area (Å²) < 4.78 is 9.93. The number of ether oxygens (including phenoxy) is 2. The third-order valence-electron chi connectivity index (χ3n) is 5.15. The van der Waals surface area contributed by atoms with Crippen LogP contribution in [0.3, 0.4) is 0 Å². The predicted molar refractivity (Wildman–Crippen MR) is 123 cm³/mol. The molecule has 3 aromatic rings. The summed E-state index contributed by atoms with van der Waals surface area (Å²) in [6, 6.07) is 16.0. The van der Waals surface area contributed by atoms with Crippen molar-refractivity contribution >= 4 is 28.4 Å². The number of methoxy groups -OCH3 is 2. The summed E-state index contributed by atoms with van der Waals surface area (Å²) in [6.45, 7) is 1.44. The monoisotopic (exact) mass is 422 g/mol. The van der Waals surface area contributed by atoms with Crippen molar-refractivity contribution in [1.82, 2.24) is 15.3 Å². The molecule has 0 radical (unpaired) electrons. The molecule has 31 heavy (non-hydrogen) atoms. The number of fused-ring (bicyclic) bond motifs is 1. The standard InChI is InChI=1S/C24H30N4O3/c1-28(18-12-14-19(30-2)15-13-18)24-20-9-6-7-10-21(20)26-22(27-24)17-25-16-8-4-5-11-23(29)31-3/h6-7,9-10,12-15,25H,4-5,8,11,16-17H2,1-3H3. The molecular weight excluding hydrogens is 392 g/mol. The van der Waals surface area contributed by atoms with E-state index in [1.165, 1.54) is 7.11 Å². The first-order valence-corrected chi connectivity index (χ1v) is 10.5. The Morgan fingerprint density at radius 3 is 2.52 bits per heavy atom. The second-order valence-electron chi connectivity index (χ2n) is 7.30. The average molecular weight is 423 g/mol. The van der Waals surface area contributed by atoms with Crippen LogP contribution in [-0.2, 0) is 16.1 Å². The number of carbonyl (C=O) groups excluding carboxylic acids is 1. The fraction of sp³-hybridized carbons (Fsp3) is 0.375.